The van der Waals surface area contributed by atoms with Crippen LogP contribution in [0.25, 0.3) is 0 Å². The lowest BCUT2D eigenvalue weighted by molar-refractivity contribution is -0.464. The summed E-state index contributed by atoms with van der Waals surface area (Å²) in [5, 5.41) is -0.276. The third-order valence-electron chi connectivity index (χ3n) is 2.35. The molecule has 3 aliphatic heterocycles. The van der Waals surface area contributed by atoms with Crippen LogP contribution in [0.4, 0.5) is 0 Å². The van der Waals surface area contributed by atoms with Crippen molar-refractivity contribution in [3.8, 4) is 0 Å². The quantitative estimate of drug-likeness (QED) is 0.587. The Morgan fingerprint density at radius 1 is 1.17 bits per heavy atom. The van der Waals surface area contributed by atoms with Crippen molar-refractivity contribution in [1.82, 2.24) is 0 Å². The molecule has 0 aromatic heterocycles. The van der Waals surface area contributed by atoms with E-state index in [0.717, 1.165) is 0 Å². The average Bonchev–Trinajstić information content (AvgIpc) is 2.06. The highest BCUT2D eigenvalue weighted by Gasteiger charge is 2.53. The minimum Gasteiger partial charge on any atom is -0.326 e. The second-order valence-corrected chi connectivity index (χ2v) is 4.55. The van der Waals surface area contributed by atoms with E-state index in [2.05, 4.69) is 6.92 Å². The standard InChI is InChI=1S/C8H13ClO3/c1-6(9)8-10-3-7(2,4-11-8)5-12-8/h6H,3-5H2,1-2H3. The fourth-order valence-corrected chi connectivity index (χ4v) is 1.61. The molecule has 3 fully saturated rings. The summed E-state index contributed by atoms with van der Waals surface area (Å²) < 4.78 is 16.4. The summed E-state index contributed by atoms with van der Waals surface area (Å²) in [6.45, 7) is 5.91. The maximum Gasteiger partial charge on any atom is 0.300 e. The van der Waals surface area contributed by atoms with Gasteiger partial charge in [0.1, 0.15) is 5.38 Å². The highest BCUT2D eigenvalue weighted by Crippen LogP contribution is 2.40. The zero-order valence-corrected chi connectivity index (χ0v) is 8.06. The van der Waals surface area contributed by atoms with E-state index in [1.165, 1.54) is 0 Å². The summed E-state index contributed by atoms with van der Waals surface area (Å²) in [7, 11) is 0. The van der Waals surface area contributed by atoms with Gasteiger partial charge in [-0.1, -0.05) is 6.92 Å². The fourth-order valence-electron chi connectivity index (χ4n) is 1.42. The summed E-state index contributed by atoms with van der Waals surface area (Å²) in [4.78, 5) is 0. The molecule has 12 heavy (non-hydrogen) atoms. The molecule has 0 aliphatic carbocycles. The smallest absolute Gasteiger partial charge is 0.300 e. The van der Waals surface area contributed by atoms with Crippen molar-refractivity contribution >= 4 is 11.6 Å². The molecule has 0 spiro atoms. The lowest BCUT2D eigenvalue weighted by atomic mass is 9.91. The van der Waals surface area contributed by atoms with Crippen molar-refractivity contribution in [3.05, 3.63) is 0 Å². The summed E-state index contributed by atoms with van der Waals surface area (Å²) in [5.41, 5.74) is 0.0214. The molecule has 70 valence electrons. The maximum absolute atomic E-state index is 5.91. The van der Waals surface area contributed by atoms with Crippen molar-refractivity contribution in [2.45, 2.75) is 25.2 Å². The molecule has 3 nitrogen and oxygen atoms in total. The molecule has 3 aliphatic rings. The van der Waals surface area contributed by atoms with Gasteiger partial charge in [-0.3, -0.25) is 0 Å². The van der Waals surface area contributed by atoms with Crippen LogP contribution in [0.3, 0.4) is 0 Å². The van der Waals surface area contributed by atoms with E-state index >= 15 is 0 Å². The molecular formula is C8H13ClO3. The summed E-state index contributed by atoms with van der Waals surface area (Å²) in [5.74, 6) is -0.973. The number of halogens is 1. The summed E-state index contributed by atoms with van der Waals surface area (Å²) in [6, 6.07) is 0. The third kappa shape index (κ3) is 1.16. The lowest BCUT2D eigenvalue weighted by Crippen LogP contribution is -2.62. The Morgan fingerprint density at radius 2 is 1.58 bits per heavy atom. The molecule has 3 saturated heterocycles. The van der Waals surface area contributed by atoms with E-state index in [9.17, 15) is 0 Å². The van der Waals surface area contributed by atoms with Crippen LogP contribution in [0.2, 0.25) is 0 Å². The van der Waals surface area contributed by atoms with E-state index in [4.69, 9.17) is 25.8 Å². The van der Waals surface area contributed by atoms with Gasteiger partial charge in [0.15, 0.2) is 0 Å². The maximum atomic E-state index is 5.91. The molecule has 0 amide bonds. The number of hydrogen-bond acceptors (Lipinski definition) is 3. The van der Waals surface area contributed by atoms with E-state index < -0.39 is 5.97 Å². The van der Waals surface area contributed by atoms with Crippen molar-refractivity contribution < 1.29 is 14.2 Å². The molecule has 2 bridgehead atoms. The Hall–Kier alpha value is 0.170. The second-order valence-electron chi connectivity index (χ2n) is 3.90. The first kappa shape index (κ1) is 8.75. The third-order valence-corrected chi connectivity index (χ3v) is 2.62. The van der Waals surface area contributed by atoms with Gasteiger partial charge in [-0.2, -0.15) is 0 Å². The Bertz CT molecular complexity index is 168. The summed E-state index contributed by atoms with van der Waals surface area (Å²) >= 11 is 5.91. The first-order valence-electron chi connectivity index (χ1n) is 4.12. The molecule has 0 radical (unpaired) electrons. The van der Waals surface area contributed by atoms with Crippen molar-refractivity contribution in [2.24, 2.45) is 5.41 Å². The molecule has 0 aromatic rings. The van der Waals surface area contributed by atoms with Crippen LogP contribution < -0.4 is 0 Å². The molecule has 0 aromatic carbocycles. The van der Waals surface area contributed by atoms with Gasteiger partial charge in [-0.05, 0) is 6.92 Å². The van der Waals surface area contributed by atoms with Gasteiger partial charge in [0.25, 0.3) is 5.97 Å². The van der Waals surface area contributed by atoms with Gasteiger partial charge >= 0.3 is 0 Å². The molecule has 3 heterocycles. The van der Waals surface area contributed by atoms with Crippen LogP contribution in [0.1, 0.15) is 13.8 Å². The number of ether oxygens (including phenoxy) is 3. The molecule has 4 heteroatoms. The van der Waals surface area contributed by atoms with Crippen molar-refractivity contribution in [3.63, 3.8) is 0 Å². The Labute approximate surface area is 76.9 Å². The van der Waals surface area contributed by atoms with Gasteiger partial charge in [-0.15, -0.1) is 11.6 Å². The normalized spacial score (nSPS) is 49.2. The highest BCUT2D eigenvalue weighted by molar-refractivity contribution is 6.20. The predicted octanol–water partition coefficient (Wildman–Crippen LogP) is 1.35. The van der Waals surface area contributed by atoms with Crippen LogP contribution in [0, 0.1) is 5.41 Å². The van der Waals surface area contributed by atoms with Crippen LogP contribution in [-0.4, -0.2) is 31.2 Å². The monoisotopic (exact) mass is 192 g/mol. The first-order chi connectivity index (χ1) is 5.56. The molecule has 3 rings (SSSR count). The molecular weight excluding hydrogens is 180 g/mol. The van der Waals surface area contributed by atoms with E-state index in [1.54, 1.807) is 0 Å². The fraction of sp³-hybridized carbons (Fsp3) is 1.00. The van der Waals surface area contributed by atoms with Gasteiger partial charge < -0.3 is 14.2 Å². The zero-order valence-electron chi connectivity index (χ0n) is 7.30. The van der Waals surface area contributed by atoms with Gasteiger partial charge in [-0.25, -0.2) is 0 Å². The Kier molecular flexibility index (Phi) is 1.88. The number of fused-ring (bicyclic) bond motifs is 3. The van der Waals surface area contributed by atoms with Crippen LogP contribution in [0.5, 0.6) is 0 Å². The Morgan fingerprint density at radius 3 is 1.92 bits per heavy atom. The minimum absolute atomic E-state index is 0.0214. The number of alkyl halides is 1. The topological polar surface area (TPSA) is 27.7 Å². The van der Waals surface area contributed by atoms with Crippen LogP contribution in [-0.2, 0) is 14.2 Å². The molecule has 0 N–H and O–H groups in total. The van der Waals surface area contributed by atoms with E-state index in [-0.39, 0.29) is 10.8 Å². The SMILES string of the molecule is CC(Cl)C12OCC(C)(CO1)CO2. The van der Waals surface area contributed by atoms with Crippen molar-refractivity contribution in [1.29, 1.82) is 0 Å². The largest absolute Gasteiger partial charge is 0.326 e. The molecule has 1 unspecified atom stereocenters. The highest BCUT2D eigenvalue weighted by atomic mass is 35.5. The predicted molar refractivity (Wildman–Crippen MR) is 44.0 cm³/mol. The molecule has 0 saturated carbocycles. The number of hydrogen-bond donors (Lipinski definition) is 0. The van der Waals surface area contributed by atoms with E-state index in [1.807, 2.05) is 6.92 Å². The van der Waals surface area contributed by atoms with Crippen LogP contribution >= 0.6 is 11.6 Å². The Balaban J connectivity index is 2.14. The number of rotatable bonds is 1. The van der Waals surface area contributed by atoms with E-state index in [0.29, 0.717) is 19.8 Å². The first-order valence-corrected chi connectivity index (χ1v) is 4.56. The van der Waals surface area contributed by atoms with Crippen molar-refractivity contribution in [2.75, 3.05) is 19.8 Å². The average molecular weight is 193 g/mol. The summed E-state index contributed by atoms with van der Waals surface area (Å²) in [6.07, 6.45) is 0. The minimum atomic E-state index is -0.973. The second kappa shape index (κ2) is 2.58. The zero-order chi connectivity index (χ0) is 8.82. The van der Waals surface area contributed by atoms with Gasteiger partial charge in [0.2, 0.25) is 0 Å². The molecule has 1 atom stereocenters. The van der Waals surface area contributed by atoms with Crippen LogP contribution in [0.15, 0.2) is 0 Å². The lowest BCUT2D eigenvalue weighted by Gasteiger charge is -2.51. The van der Waals surface area contributed by atoms with Gasteiger partial charge in [0, 0.05) is 5.41 Å². The van der Waals surface area contributed by atoms with Gasteiger partial charge in [0.05, 0.1) is 19.8 Å².